The Morgan fingerprint density at radius 3 is 1.79 bits per heavy atom. The second-order valence-corrected chi connectivity index (χ2v) is 24.9. The van der Waals surface area contributed by atoms with Crippen LogP contribution in [0.25, 0.3) is 0 Å². The second kappa shape index (κ2) is 56.5. The molecule has 3 aliphatic rings. The Labute approximate surface area is 527 Å². The number of nitrogens with two attached hydrogens (primary N) is 2. The molecule has 2 saturated carbocycles. The van der Waals surface area contributed by atoms with Crippen molar-refractivity contribution in [3.8, 4) is 0 Å². The van der Waals surface area contributed by atoms with Crippen molar-refractivity contribution >= 4 is 18.6 Å². The van der Waals surface area contributed by atoms with E-state index in [0.717, 1.165) is 148 Å². The molecule has 0 aromatic heterocycles. The predicted molar refractivity (Wildman–Crippen MR) is 363 cm³/mol. The third kappa shape index (κ3) is 45.5. The second-order valence-electron chi connectivity index (χ2n) is 24.9. The molecule has 1 aromatic rings. The number of unbranched alkanes of at least 4 members (excludes halogenated alkanes) is 10. The molecule has 3 atom stereocenters. The van der Waals surface area contributed by atoms with E-state index in [1.54, 1.807) is 4.90 Å². The van der Waals surface area contributed by atoms with Gasteiger partial charge in [-0.05, 0) is 159 Å². The predicted octanol–water partition coefficient (Wildman–Crippen LogP) is 17.7. The summed E-state index contributed by atoms with van der Waals surface area (Å²) in [6.07, 6.45) is 42.4. The highest BCUT2D eigenvalue weighted by Gasteiger charge is 2.38. The normalized spacial score (nSPS) is 15.9. The molecule has 0 spiro atoms. The van der Waals surface area contributed by atoms with Crippen LogP contribution in [0.15, 0.2) is 60.0 Å². The zero-order chi connectivity index (χ0) is 63.9. The van der Waals surface area contributed by atoms with Crippen molar-refractivity contribution in [1.82, 2.24) is 15.1 Å². The van der Waals surface area contributed by atoms with Gasteiger partial charge in [0.2, 0.25) is 12.3 Å². The zero-order valence-corrected chi connectivity index (χ0v) is 56.9. The molecule has 3 unspecified atom stereocenters. The summed E-state index contributed by atoms with van der Waals surface area (Å²) in [4.78, 5) is 12.8. The Morgan fingerprint density at radius 1 is 0.756 bits per heavy atom. The van der Waals surface area contributed by atoms with Crippen LogP contribution in [0.1, 0.15) is 253 Å². The number of benzene rings is 1. The number of aryl methyl sites for hydroxylation is 2. The van der Waals surface area contributed by atoms with Crippen molar-refractivity contribution in [1.29, 1.82) is 10.8 Å². The molecular formula is C72H133F2N7O5. The Bertz CT molecular complexity index is 1820. The highest BCUT2D eigenvalue weighted by atomic mass is 19.3. The maximum absolute atomic E-state index is 13.8. The van der Waals surface area contributed by atoms with Gasteiger partial charge in [-0.1, -0.05) is 174 Å². The molecule has 0 saturated heterocycles. The molecular weight excluding hydrogens is 1080 g/mol. The molecule has 500 valence electrons. The lowest BCUT2D eigenvalue weighted by Crippen LogP contribution is -2.44. The molecule has 0 bridgehead atoms. The minimum absolute atomic E-state index is 0.0260. The van der Waals surface area contributed by atoms with Gasteiger partial charge < -0.3 is 45.5 Å². The van der Waals surface area contributed by atoms with Gasteiger partial charge in [0.05, 0.1) is 26.2 Å². The van der Waals surface area contributed by atoms with Gasteiger partial charge in [0.25, 0.3) is 0 Å². The molecule has 2 fully saturated rings. The smallest absolute Gasteiger partial charge is 0.248 e. The first-order chi connectivity index (χ1) is 41.5. The Balaban J connectivity index is 0.00000144. The molecule has 86 heavy (non-hydrogen) atoms. The summed E-state index contributed by atoms with van der Waals surface area (Å²) in [5, 5.41) is 19.5. The summed E-state index contributed by atoms with van der Waals surface area (Å²) < 4.78 is 50.5. The summed E-state index contributed by atoms with van der Waals surface area (Å²) in [5.74, 6) is -0.151. The number of amidine groups is 1. The van der Waals surface area contributed by atoms with Gasteiger partial charge in [0, 0.05) is 82.3 Å². The van der Waals surface area contributed by atoms with Gasteiger partial charge in [0.15, 0.2) is 0 Å². The number of nitrogens with zero attached hydrogens (tertiary/aromatic N) is 2. The molecule has 1 aromatic carbocycles. The summed E-state index contributed by atoms with van der Waals surface area (Å²) in [6.45, 7) is 27.4. The number of allylic oxidation sites excluding steroid dienone is 5. The van der Waals surface area contributed by atoms with E-state index in [1.807, 2.05) is 20.0 Å². The minimum atomic E-state index is -2.48. The molecule has 7 N–H and O–H groups in total. The number of nitrogens with one attached hydrogen (secondary N) is 3. The third-order valence-corrected chi connectivity index (χ3v) is 16.4. The summed E-state index contributed by atoms with van der Waals surface area (Å²) in [6, 6.07) is 9.21. The van der Waals surface area contributed by atoms with Crippen LogP contribution in [0.5, 0.6) is 0 Å². The largest absolute Gasteiger partial charge is 0.401 e. The Hall–Kier alpha value is -3.69. The average Bonchev–Trinajstić information content (AvgIpc) is 3.53. The van der Waals surface area contributed by atoms with E-state index in [2.05, 4.69) is 114 Å². The van der Waals surface area contributed by atoms with Crippen LogP contribution in [-0.4, -0.2) is 119 Å². The standard InChI is InChI=1S/C35H64N2O4.C28H48F2N4.C5H10.C3H8.CH3NO/c1-3-4-5-8-12-24-38-25-14-10-15-26-39-29-23-37-32-35(36)18-11-7-6-9-13-27-40-30-31-41-28-16-17-34-21-19-33(2)20-22-34;1-6-10-25(19-22(4)34(20-31)27(32)21(2)3)33(5)18-15-26(23-11-8-7-9-12-23)24-13-16-28(29,30)17-14-24;1-5-3-2-4-5;1-3-2;2-1-3/h19-22,32,37H,3-18,23-31,36H2,1-2H3;8,11-12,20-22,24-26,31-32H,6-7,9-10,13-19H2,1-5H3;5H,2-4H2,1H3;3H2,1-2H3;1H,(H2,2,3)/b35-32-;;;;. The zero-order valence-electron chi connectivity index (χ0n) is 56.9. The number of rotatable bonds is 44. The maximum Gasteiger partial charge on any atom is 0.248 e. The molecule has 3 aliphatic carbocycles. The lowest BCUT2D eigenvalue weighted by Gasteiger charge is -2.38. The number of primary amides is 1. The summed E-state index contributed by atoms with van der Waals surface area (Å²) >= 11 is 0. The van der Waals surface area contributed by atoms with Crippen LogP contribution in [0.3, 0.4) is 0 Å². The van der Waals surface area contributed by atoms with E-state index < -0.39 is 5.92 Å². The van der Waals surface area contributed by atoms with E-state index in [-0.39, 0.29) is 31.2 Å². The number of ether oxygens (including phenoxy) is 4. The van der Waals surface area contributed by atoms with Crippen molar-refractivity contribution in [2.45, 2.75) is 273 Å². The van der Waals surface area contributed by atoms with E-state index in [4.69, 9.17) is 40.3 Å². The number of carbonyl (C=O) groups is 1. The number of halogens is 2. The number of carbonyl (C=O) groups excluding carboxylic acids is 1. The molecule has 0 heterocycles. The Morgan fingerprint density at radius 2 is 1.28 bits per heavy atom. The first kappa shape index (κ1) is 82.3. The fourth-order valence-corrected chi connectivity index (χ4v) is 10.8. The van der Waals surface area contributed by atoms with E-state index in [1.165, 1.54) is 107 Å². The van der Waals surface area contributed by atoms with Crippen LogP contribution >= 0.6 is 0 Å². The maximum atomic E-state index is 13.8. The van der Waals surface area contributed by atoms with Crippen molar-refractivity contribution in [3.63, 3.8) is 0 Å². The lowest BCUT2D eigenvalue weighted by molar-refractivity contribution is -0.106. The van der Waals surface area contributed by atoms with E-state index >= 15 is 0 Å². The average molecular weight is 1210 g/mol. The van der Waals surface area contributed by atoms with Crippen LogP contribution in [0, 0.1) is 41.4 Å². The molecule has 14 heteroatoms. The Kier molecular flexibility index (Phi) is 54.1. The SMILES string of the molecule is CC1CCC1.CCC.CCCC(CC(C)N(C=N)C(=N)C(C)C)N(C)CCC(C1=CCCC=C1)C1CCC(F)(F)CC1.CCCCCCCOCCCCCOCCN/C=C(\N)CCCCCCCOCCOCCCc1ccc(C)cc1.NC=O. The lowest BCUT2D eigenvalue weighted by atomic mass is 9.73. The fourth-order valence-electron chi connectivity index (χ4n) is 10.8. The van der Waals surface area contributed by atoms with Crippen molar-refractivity contribution < 1.29 is 32.5 Å². The first-order valence-electron chi connectivity index (χ1n) is 34.6. The van der Waals surface area contributed by atoms with Gasteiger partial charge in [0.1, 0.15) is 5.84 Å². The van der Waals surface area contributed by atoms with Crippen LogP contribution in [0.4, 0.5) is 8.78 Å². The molecule has 1 amide bonds. The fraction of sp³-hybridized carbons (Fsp3) is 0.792. The van der Waals surface area contributed by atoms with Crippen molar-refractivity contribution in [2.24, 2.45) is 35.1 Å². The molecule has 4 rings (SSSR count). The number of alkyl halides is 2. The van der Waals surface area contributed by atoms with Crippen LogP contribution in [-0.2, 0) is 30.2 Å². The van der Waals surface area contributed by atoms with Crippen molar-refractivity contribution in [3.05, 3.63) is 71.1 Å². The van der Waals surface area contributed by atoms with E-state index in [9.17, 15) is 8.78 Å². The number of hydrogen-bond acceptors (Lipinski definition) is 10. The van der Waals surface area contributed by atoms with Gasteiger partial charge in [-0.3, -0.25) is 15.6 Å². The van der Waals surface area contributed by atoms with Gasteiger partial charge in [-0.2, -0.15) is 0 Å². The highest BCUT2D eigenvalue weighted by Crippen LogP contribution is 2.43. The third-order valence-electron chi connectivity index (χ3n) is 16.4. The van der Waals surface area contributed by atoms with Gasteiger partial charge >= 0.3 is 0 Å². The highest BCUT2D eigenvalue weighted by molar-refractivity contribution is 5.90. The quantitative estimate of drug-likeness (QED) is 0.0185. The first-order valence-corrected chi connectivity index (χ1v) is 34.6. The monoisotopic (exact) mass is 1210 g/mol. The van der Waals surface area contributed by atoms with Crippen molar-refractivity contribution in [2.75, 3.05) is 73.0 Å². The van der Waals surface area contributed by atoms with Crippen LogP contribution in [0.2, 0.25) is 0 Å². The molecule has 0 radical (unpaired) electrons. The van der Waals surface area contributed by atoms with E-state index in [0.29, 0.717) is 49.8 Å². The topological polar surface area (TPSA) is 172 Å². The minimum Gasteiger partial charge on any atom is -0.401 e. The number of hydrogen-bond donors (Lipinski definition) is 5. The van der Waals surface area contributed by atoms with Gasteiger partial charge in [-0.15, -0.1) is 0 Å². The molecule has 0 aliphatic heterocycles. The summed E-state index contributed by atoms with van der Waals surface area (Å²) in [7, 11) is 2.19. The molecule has 12 nitrogen and oxygen atoms in total. The number of amides is 1. The van der Waals surface area contributed by atoms with Gasteiger partial charge in [-0.25, -0.2) is 8.78 Å². The summed E-state index contributed by atoms with van der Waals surface area (Å²) in [5.41, 5.74) is 15.3. The van der Waals surface area contributed by atoms with Crippen LogP contribution < -0.4 is 16.8 Å².